The second kappa shape index (κ2) is 10.4. The Morgan fingerprint density at radius 2 is 1.90 bits per heavy atom. The van der Waals surface area contributed by atoms with Crippen molar-refractivity contribution in [3.05, 3.63) is 34.9 Å². The van der Waals surface area contributed by atoms with Gasteiger partial charge in [-0.3, -0.25) is 0 Å². The van der Waals surface area contributed by atoms with Crippen molar-refractivity contribution in [2.24, 2.45) is 0 Å². The number of allylic oxidation sites excluding steroid dienone is 1. The predicted octanol–water partition coefficient (Wildman–Crippen LogP) is 5.12. The van der Waals surface area contributed by atoms with Crippen molar-refractivity contribution >= 4 is 17.7 Å². The summed E-state index contributed by atoms with van der Waals surface area (Å²) in [6.45, 7) is 11.9. The quantitative estimate of drug-likeness (QED) is 0.202. The second-order valence-corrected chi connectivity index (χ2v) is 9.65. The Labute approximate surface area is 184 Å². The van der Waals surface area contributed by atoms with E-state index >= 15 is 0 Å². The van der Waals surface area contributed by atoms with Crippen LogP contribution >= 0.6 is 11.8 Å². The van der Waals surface area contributed by atoms with Crippen LogP contribution in [0.2, 0.25) is 0 Å². The summed E-state index contributed by atoms with van der Waals surface area (Å²) >= 11 is 1.38. The third kappa shape index (κ3) is 6.53. The van der Waals surface area contributed by atoms with E-state index in [0.717, 1.165) is 29.6 Å². The van der Waals surface area contributed by atoms with Crippen molar-refractivity contribution in [3.63, 3.8) is 0 Å². The Hall–Kier alpha value is -1.94. The molecule has 1 aliphatic carbocycles. The maximum Gasteiger partial charge on any atom is 0.329 e. The van der Waals surface area contributed by atoms with Gasteiger partial charge in [-0.2, -0.15) is 0 Å². The number of carboxylic acids is 1. The van der Waals surface area contributed by atoms with E-state index in [1.807, 2.05) is 6.07 Å². The Bertz CT molecular complexity index is 858. The molecule has 1 N–H and O–H groups in total. The monoisotopic (exact) mass is 432 g/mol. The summed E-state index contributed by atoms with van der Waals surface area (Å²) in [5.41, 5.74) is 3.05. The molecule has 1 aromatic carbocycles. The summed E-state index contributed by atoms with van der Waals surface area (Å²) in [7, 11) is 1.64. The Morgan fingerprint density at radius 1 is 1.20 bits per heavy atom. The maximum atomic E-state index is 10.8. The van der Waals surface area contributed by atoms with E-state index in [1.165, 1.54) is 22.9 Å². The van der Waals surface area contributed by atoms with Gasteiger partial charge in [0, 0.05) is 29.2 Å². The van der Waals surface area contributed by atoms with E-state index in [2.05, 4.69) is 44.9 Å². The lowest BCUT2D eigenvalue weighted by Crippen LogP contribution is -2.34. The highest BCUT2D eigenvalue weighted by Crippen LogP contribution is 2.50. The molecule has 0 saturated carbocycles. The average molecular weight is 433 g/mol. The van der Waals surface area contributed by atoms with Crippen LogP contribution in [0.5, 0.6) is 5.75 Å². The van der Waals surface area contributed by atoms with Crippen LogP contribution in [-0.4, -0.2) is 38.2 Å². The SMILES string of the molecule is COCCOCOc1cc(SC#C/C(C)=C\C(=O)O)cc2c1C(C)(C)CCC2(C)C. The molecule has 0 bridgehead atoms. The van der Waals surface area contributed by atoms with Crippen molar-refractivity contribution in [2.45, 2.75) is 63.2 Å². The van der Waals surface area contributed by atoms with Gasteiger partial charge in [0.25, 0.3) is 0 Å². The Kier molecular flexibility index (Phi) is 8.42. The number of carbonyl (C=O) groups is 1. The molecular formula is C24H32O5S. The fraction of sp³-hybridized carbons (Fsp3) is 0.542. The number of benzene rings is 1. The lowest BCUT2D eigenvalue weighted by atomic mass is 9.63. The van der Waals surface area contributed by atoms with E-state index < -0.39 is 5.97 Å². The van der Waals surface area contributed by atoms with Gasteiger partial charge < -0.3 is 19.3 Å². The summed E-state index contributed by atoms with van der Waals surface area (Å²) in [5.74, 6) is 2.71. The molecule has 0 saturated heterocycles. The second-order valence-electron chi connectivity index (χ2n) is 8.77. The first-order valence-corrected chi connectivity index (χ1v) is 10.9. The number of aliphatic carboxylic acids is 1. The number of rotatable bonds is 8. The highest BCUT2D eigenvalue weighted by Gasteiger charge is 2.39. The first-order valence-electron chi connectivity index (χ1n) is 10.0. The number of carboxylic acid groups (broad SMARTS) is 1. The summed E-state index contributed by atoms with van der Waals surface area (Å²) in [6.07, 6.45) is 3.29. The van der Waals surface area contributed by atoms with Gasteiger partial charge >= 0.3 is 5.97 Å². The van der Waals surface area contributed by atoms with Crippen LogP contribution in [0, 0.1) is 11.2 Å². The van der Waals surface area contributed by atoms with Gasteiger partial charge in [0.2, 0.25) is 0 Å². The third-order valence-corrected chi connectivity index (χ3v) is 6.02. The summed E-state index contributed by atoms with van der Waals surface area (Å²) in [4.78, 5) is 11.7. The van der Waals surface area contributed by atoms with Crippen LogP contribution < -0.4 is 4.74 Å². The van der Waals surface area contributed by atoms with Gasteiger partial charge in [0.05, 0.1) is 13.2 Å². The standard InChI is InChI=1S/C24H32O5S/c1-17(13-21(25)26)7-12-30-18-14-19-22(24(4,5)9-8-23(19,2)3)20(15-18)29-16-28-11-10-27-6/h13-15H,8-11,16H2,1-6H3,(H,25,26)/b17-13-. The third-order valence-electron chi connectivity index (χ3n) is 5.34. The van der Waals surface area contributed by atoms with E-state index in [1.54, 1.807) is 14.0 Å². The lowest BCUT2D eigenvalue weighted by Gasteiger charge is -2.42. The minimum Gasteiger partial charge on any atom is -0.478 e. The molecule has 1 aromatic rings. The molecule has 0 spiro atoms. The largest absolute Gasteiger partial charge is 0.478 e. The van der Waals surface area contributed by atoms with Crippen molar-refractivity contribution in [3.8, 4) is 16.9 Å². The number of thioether (sulfide) groups is 1. The van der Waals surface area contributed by atoms with Gasteiger partial charge in [-0.15, -0.1) is 0 Å². The minimum absolute atomic E-state index is 0.00239. The molecule has 1 aliphatic rings. The highest BCUT2D eigenvalue weighted by atomic mass is 32.2. The fourth-order valence-corrected chi connectivity index (χ4v) is 4.24. The summed E-state index contributed by atoms with van der Waals surface area (Å²) in [6, 6.07) is 4.21. The van der Waals surface area contributed by atoms with Crippen LogP contribution in [0.1, 0.15) is 58.6 Å². The summed E-state index contributed by atoms with van der Waals surface area (Å²) in [5, 5.41) is 11.8. The van der Waals surface area contributed by atoms with Crippen LogP contribution in [0.3, 0.4) is 0 Å². The number of ether oxygens (including phenoxy) is 3. The predicted molar refractivity (Wildman–Crippen MR) is 120 cm³/mol. The zero-order valence-corrected chi connectivity index (χ0v) is 19.6. The topological polar surface area (TPSA) is 65.0 Å². The molecule has 0 aromatic heterocycles. The molecule has 0 unspecified atom stereocenters. The minimum atomic E-state index is -0.992. The molecule has 2 rings (SSSR count). The first kappa shape index (κ1) is 24.3. The summed E-state index contributed by atoms with van der Waals surface area (Å²) < 4.78 is 16.6. The van der Waals surface area contributed by atoms with Gasteiger partial charge in [0.1, 0.15) is 5.75 Å². The van der Waals surface area contributed by atoms with Crippen molar-refractivity contribution < 1.29 is 24.1 Å². The lowest BCUT2D eigenvalue weighted by molar-refractivity contribution is -0.131. The highest BCUT2D eigenvalue weighted by molar-refractivity contribution is 8.04. The number of hydrogen-bond donors (Lipinski definition) is 1. The molecular weight excluding hydrogens is 400 g/mol. The molecule has 0 amide bonds. The van der Waals surface area contributed by atoms with Crippen molar-refractivity contribution in [1.29, 1.82) is 0 Å². The zero-order valence-electron chi connectivity index (χ0n) is 18.8. The number of fused-ring (bicyclic) bond motifs is 1. The van der Waals surface area contributed by atoms with Crippen LogP contribution in [0.15, 0.2) is 28.7 Å². The van der Waals surface area contributed by atoms with Crippen molar-refractivity contribution in [2.75, 3.05) is 27.1 Å². The maximum absolute atomic E-state index is 10.8. The fourth-order valence-electron chi connectivity index (χ4n) is 3.57. The van der Waals surface area contributed by atoms with E-state index in [0.29, 0.717) is 18.8 Å². The Morgan fingerprint density at radius 3 is 2.57 bits per heavy atom. The van der Waals surface area contributed by atoms with Gasteiger partial charge in [-0.1, -0.05) is 33.6 Å². The normalized spacial score (nSPS) is 16.9. The molecule has 6 heteroatoms. The smallest absolute Gasteiger partial charge is 0.329 e. The molecule has 164 valence electrons. The molecule has 30 heavy (non-hydrogen) atoms. The molecule has 0 heterocycles. The number of methoxy groups -OCH3 is 1. The molecule has 0 aliphatic heterocycles. The van der Waals surface area contributed by atoms with Gasteiger partial charge in [-0.05, 0) is 65.3 Å². The molecule has 0 atom stereocenters. The molecule has 5 nitrogen and oxygen atoms in total. The average Bonchev–Trinajstić information content (AvgIpc) is 2.64. The van der Waals surface area contributed by atoms with Crippen LogP contribution in [0.25, 0.3) is 0 Å². The van der Waals surface area contributed by atoms with Crippen LogP contribution in [-0.2, 0) is 25.1 Å². The molecule has 0 fully saturated rings. The zero-order chi connectivity index (χ0) is 22.4. The van der Waals surface area contributed by atoms with Crippen molar-refractivity contribution in [1.82, 2.24) is 0 Å². The van der Waals surface area contributed by atoms with Gasteiger partial charge in [0.15, 0.2) is 6.79 Å². The van der Waals surface area contributed by atoms with E-state index in [9.17, 15) is 4.79 Å². The molecule has 0 radical (unpaired) electrons. The number of hydrogen-bond acceptors (Lipinski definition) is 5. The Balaban J connectivity index is 2.37. The van der Waals surface area contributed by atoms with E-state index in [4.69, 9.17) is 19.3 Å². The first-order chi connectivity index (χ1) is 14.1. The van der Waals surface area contributed by atoms with Gasteiger partial charge in [-0.25, -0.2) is 4.79 Å². The van der Waals surface area contributed by atoms with E-state index in [-0.39, 0.29) is 17.6 Å². The van der Waals surface area contributed by atoms with Crippen LogP contribution in [0.4, 0.5) is 0 Å².